The summed E-state index contributed by atoms with van der Waals surface area (Å²) >= 11 is 5.86. The third-order valence-corrected chi connectivity index (χ3v) is 3.35. The van der Waals surface area contributed by atoms with Gasteiger partial charge in [-0.3, -0.25) is 4.79 Å². The fraction of sp³-hybridized carbons (Fsp3) is 0.500. The summed E-state index contributed by atoms with van der Waals surface area (Å²) in [6.07, 6.45) is 0.156. The molecule has 2 amide bonds. The van der Waals surface area contributed by atoms with E-state index in [1.807, 2.05) is 13.8 Å². The number of carbonyl (C=O) groups is 2. The van der Waals surface area contributed by atoms with Crippen LogP contribution in [0.2, 0.25) is 5.02 Å². The Labute approximate surface area is 140 Å². The molecule has 0 saturated heterocycles. The first-order chi connectivity index (χ1) is 10.8. The second-order valence-electron chi connectivity index (χ2n) is 5.53. The van der Waals surface area contributed by atoms with Gasteiger partial charge in [-0.15, -0.1) is 0 Å². The van der Waals surface area contributed by atoms with Gasteiger partial charge in [0, 0.05) is 12.6 Å². The molecular formula is C16H22ClFN2O3. The fourth-order valence-electron chi connectivity index (χ4n) is 2.09. The number of amides is 2. The lowest BCUT2D eigenvalue weighted by Gasteiger charge is -2.21. The summed E-state index contributed by atoms with van der Waals surface area (Å²) in [4.78, 5) is 23.6. The van der Waals surface area contributed by atoms with Gasteiger partial charge in [0.1, 0.15) is 5.82 Å². The first-order valence-electron chi connectivity index (χ1n) is 7.50. The molecule has 0 bridgehead atoms. The van der Waals surface area contributed by atoms with Crippen molar-refractivity contribution in [1.82, 2.24) is 10.6 Å². The normalized spacial score (nSPS) is 11.9. The number of ether oxygens (including phenoxy) is 1. The van der Waals surface area contributed by atoms with Gasteiger partial charge in [0.2, 0.25) is 0 Å². The molecule has 0 spiro atoms. The van der Waals surface area contributed by atoms with Crippen molar-refractivity contribution in [2.45, 2.75) is 33.2 Å². The molecule has 0 aliphatic rings. The predicted molar refractivity (Wildman–Crippen MR) is 87.1 cm³/mol. The van der Waals surface area contributed by atoms with Gasteiger partial charge in [-0.05, 0) is 37.5 Å². The summed E-state index contributed by atoms with van der Waals surface area (Å²) in [6.45, 7) is 6.24. The van der Waals surface area contributed by atoms with Crippen LogP contribution in [0.5, 0.6) is 0 Å². The lowest BCUT2D eigenvalue weighted by Crippen LogP contribution is -2.44. The molecule has 7 heteroatoms. The number of hydrogen-bond donors (Lipinski definition) is 2. The van der Waals surface area contributed by atoms with Crippen molar-refractivity contribution in [1.29, 1.82) is 0 Å². The van der Waals surface area contributed by atoms with E-state index in [9.17, 15) is 14.0 Å². The number of carbonyl (C=O) groups excluding carboxylic acids is 2. The van der Waals surface area contributed by atoms with Crippen LogP contribution in [-0.2, 0) is 4.74 Å². The summed E-state index contributed by atoms with van der Waals surface area (Å²) < 4.78 is 17.9. The zero-order valence-corrected chi connectivity index (χ0v) is 14.2. The van der Waals surface area contributed by atoms with Crippen LogP contribution in [0.15, 0.2) is 18.2 Å². The Morgan fingerprint density at radius 1 is 1.35 bits per heavy atom. The van der Waals surface area contributed by atoms with Crippen molar-refractivity contribution < 1.29 is 18.7 Å². The molecule has 0 saturated carbocycles. The third kappa shape index (κ3) is 6.86. The minimum atomic E-state index is -0.521. The lowest BCUT2D eigenvalue weighted by atomic mass is 10.0. The maximum absolute atomic E-state index is 13.0. The molecule has 0 aliphatic carbocycles. The highest BCUT2D eigenvalue weighted by molar-refractivity contribution is 6.33. The van der Waals surface area contributed by atoms with Crippen molar-refractivity contribution >= 4 is 23.6 Å². The molecule has 1 rings (SSSR count). The number of hydrogen-bond acceptors (Lipinski definition) is 3. The molecule has 5 nitrogen and oxygen atoms in total. The number of benzene rings is 1. The van der Waals surface area contributed by atoms with Crippen LogP contribution in [0.3, 0.4) is 0 Å². The van der Waals surface area contributed by atoms with Gasteiger partial charge in [-0.2, -0.15) is 0 Å². The molecule has 0 aliphatic heterocycles. The summed E-state index contributed by atoms with van der Waals surface area (Å²) in [7, 11) is 0. The number of rotatable bonds is 7. The summed E-state index contributed by atoms with van der Waals surface area (Å²) in [6, 6.07) is 3.31. The van der Waals surface area contributed by atoms with Crippen molar-refractivity contribution in [3.8, 4) is 0 Å². The molecule has 23 heavy (non-hydrogen) atoms. The van der Waals surface area contributed by atoms with E-state index in [0.717, 1.165) is 6.07 Å². The number of alkyl carbamates (subject to hydrolysis) is 1. The van der Waals surface area contributed by atoms with E-state index in [0.29, 0.717) is 12.3 Å². The molecule has 1 aromatic rings. The van der Waals surface area contributed by atoms with Crippen LogP contribution in [0, 0.1) is 11.7 Å². The minimum Gasteiger partial charge on any atom is -0.450 e. The Hall–Kier alpha value is -1.82. The molecule has 1 atom stereocenters. The standard InChI is InChI=1S/C16H22ClFN2O3/c1-4-23-16(22)20-12(7-10(2)3)9-19-15(21)13-6-5-11(18)8-14(13)17/h5-6,8,10,12H,4,7,9H2,1-3H3,(H,19,21)(H,20,22)/t12-/m0/s1. The van der Waals surface area contributed by atoms with Gasteiger partial charge in [0.05, 0.1) is 17.2 Å². The zero-order chi connectivity index (χ0) is 17.4. The van der Waals surface area contributed by atoms with Crippen LogP contribution in [0.1, 0.15) is 37.6 Å². The van der Waals surface area contributed by atoms with E-state index in [1.54, 1.807) is 6.92 Å². The number of halogens is 2. The molecule has 0 heterocycles. The van der Waals surface area contributed by atoms with E-state index in [1.165, 1.54) is 12.1 Å². The average molecular weight is 345 g/mol. The Balaban J connectivity index is 2.65. The Morgan fingerprint density at radius 2 is 2.04 bits per heavy atom. The molecule has 0 unspecified atom stereocenters. The van der Waals surface area contributed by atoms with Crippen LogP contribution in [0.25, 0.3) is 0 Å². The van der Waals surface area contributed by atoms with Crippen molar-refractivity contribution in [3.05, 3.63) is 34.6 Å². The van der Waals surface area contributed by atoms with Crippen molar-refractivity contribution in [3.63, 3.8) is 0 Å². The van der Waals surface area contributed by atoms with Crippen LogP contribution >= 0.6 is 11.6 Å². The SMILES string of the molecule is CCOC(=O)N[C@H](CNC(=O)c1ccc(F)cc1Cl)CC(C)C. The summed E-state index contributed by atoms with van der Waals surface area (Å²) in [5.74, 6) is -0.601. The van der Waals surface area contributed by atoms with Gasteiger partial charge in [0.25, 0.3) is 5.91 Å². The monoisotopic (exact) mass is 344 g/mol. The Morgan fingerprint density at radius 3 is 2.61 bits per heavy atom. The second kappa shape index (κ2) is 9.35. The van der Waals surface area contributed by atoms with E-state index in [-0.39, 0.29) is 29.8 Å². The predicted octanol–water partition coefficient (Wildman–Crippen LogP) is 3.37. The zero-order valence-electron chi connectivity index (χ0n) is 13.5. The highest BCUT2D eigenvalue weighted by Crippen LogP contribution is 2.17. The molecule has 0 aromatic heterocycles. The number of nitrogens with one attached hydrogen (secondary N) is 2. The maximum Gasteiger partial charge on any atom is 0.407 e. The topological polar surface area (TPSA) is 67.4 Å². The van der Waals surface area contributed by atoms with Crippen molar-refractivity contribution in [2.75, 3.05) is 13.2 Å². The quantitative estimate of drug-likeness (QED) is 0.797. The highest BCUT2D eigenvalue weighted by Gasteiger charge is 2.17. The minimum absolute atomic E-state index is 0.0428. The molecular weight excluding hydrogens is 323 g/mol. The van der Waals surface area contributed by atoms with E-state index >= 15 is 0 Å². The van der Waals surface area contributed by atoms with Gasteiger partial charge in [-0.1, -0.05) is 25.4 Å². The van der Waals surface area contributed by atoms with E-state index in [2.05, 4.69) is 10.6 Å². The smallest absolute Gasteiger partial charge is 0.407 e. The Kier molecular flexibility index (Phi) is 7.81. The lowest BCUT2D eigenvalue weighted by molar-refractivity contribution is 0.0944. The first-order valence-corrected chi connectivity index (χ1v) is 7.87. The Bertz CT molecular complexity index is 552. The van der Waals surface area contributed by atoms with Gasteiger partial charge < -0.3 is 15.4 Å². The van der Waals surface area contributed by atoms with Crippen LogP contribution < -0.4 is 10.6 Å². The second-order valence-corrected chi connectivity index (χ2v) is 5.93. The van der Waals surface area contributed by atoms with E-state index < -0.39 is 17.8 Å². The van der Waals surface area contributed by atoms with Crippen molar-refractivity contribution in [2.24, 2.45) is 5.92 Å². The third-order valence-electron chi connectivity index (χ3n) is 3.04. The maximum atomic E-state index is 13.0. The fourth-order valence-corrected chi connectivity index (χ4v) is 2.34. The van der Waals surface area contributed by atoms with Gasteiger partial charge in [-0.25, -0.2) is 9.18 Å². The van der Waals surface area contributed by atoms with Gasteiger partial charge in [0.15, 0.2) is 0 Å². The molecule has 2 N–H and O–H groups in total. The molecule has 0 fully saturated rings. The van der Waals surface area contributed by atoms with Gasteiger partial charge >= 0.3 is 6.09 Å². The summed E-state index contributed by atoms with van der Waals surface area (Å²) in [5, 5.41) is 5.45. The summed E-state index contributed by atoms with van der Waals surface area (Å²) in [5.41, 5.74) is 0.187. The van der Waals surface area contributed by atoms with Crippen LogP contribution in [-0.4, -0.2) is 31.2 Å². The molecule has 0 radical (unpaired) electrons. The van der Waals surface area contributed by atoms with E-state index in [4.69, 9.17) is 16.3 Å². The average Bonchev–Trinajstić information content (AvgIpc) is 2.44. The molecule has 1 aromatic carbocycles. The largest absolute Gasteiger partial charge is 0.450 e. The first kappa shape index (κ1) is 19.2. The van der Waals surface area contributed by atoms with Crippen LogP contribution in [0.4, 0.5) is 9.18 Å². The highest BCUT2D eigenvalue weighted by atomic mass is 35.5. The molecule has 128 valence electrons.